The number of nitrogens with zero attached hydrogens (tertiary/aromatic N) is 1. The summed E-state index contributed by atoms with van der Waals surface area (Å²) in [6.45, 7) is 6.16. The van der Waals surface area contributed by atoms with E-state index >= 15 is 0 Å². The van der Waals surface area contributed by atoms with Crippen LogP contribution in [0, 0.1) is 13.8 Å². The molecule has 1 unspecified atom stereocenters. The summed E-state index contributed by atoms with van der Waals surface area (Å²) in [6, 6.07) is 0. The van der Waals surface area contributed by atoms with E-state index in [1.165, 1.54) is 4.88 Å². The van der Waals surface area contributed by atoms with E-state index in [0.717, 1.165) is 10.7 Å². The Bertz CT molecular complexity index is 228. The van der Waals surface area contributed by atoms with Gasteiger partial charge in [0.1, 0.15) is 0 Å². The van der Waals surface area contributed by atoms with E-state index in [1.54, 1.807) is 11.3 Å². The third kappa shape index (κ3) is 1.52. The monoisotopic (exact) mass is 173 g/mol. The van der Waals surface area contributed by atoms with E-state index in [9.17, 15) is 0 Å². The summed E-state index contributed by atoms with van der Waals surface area (Å²) >= 11 is 6.05. The van der Waals surface area contributed by atoms with Crippen LogP contribution in [0.5, 0.6) is 0 Å². The molecule has 0 bridgehead atoms. The zero-order valence-corrected chi connectivity index (χ0v) is 8.09. The van der Waals surface area contributed by atoms with E-state index in [-0.39, 0.29) is 5.25 Å². The lowest BCUT2D eigenvalue weighted by Gasteiger charge is -1.98. The maximum absolute atomic E-state index is 4.35. The molecule has 0 fully saturated rings. The molecule has 1 nitrogen and oxygen atoms in total. The number of hydrogen-bond acceptors (Lipinski definition) is 3. The molecule has 0 saturated heterocycles. The largest absolute Gasteiger partial charge is 0.245 e. The number of rotatable bonds is 1. The van der Waals surface area contributed by atoms with Crippen LogP contribution in [0.15, 0.2) is 0 Å². The third-order valence-electron chi connectivity index (χ3n) is 1.34. The van der Waals surface area contributed by atoms with Gasteiger partial charge in [0, 0.05) is 10.1 Å². The molecular weight excluding hydrogens is 162 g/mol. The first-order valence-electron chi connectivity index (χ1n) is 3.23. The van der Waals surface area contributed by atoms with Crippen LogP contribution in [0.3, 0.4) is 0 Å². The van der Waals surface area contributed by atoms with Gasteiger partial charge in [-0.05, 0) is 20.8 Å². The van der Waals surface area contributed by atoms with Crippen LogP contribution < -0.4 is 0 Å². The molecular formula is C7H11NS2. The Labute approximate surface area is 70.9 Å². The lowest BCUT2D eigenvalue weighted by atomic mass is 10.3. The molecule has 1 atom stereocenters. The van der Waals surface area contributed by atoms with Crippen molar-refractivity contribution in [3.8, 4) is 0 Å². The van der Waals surface area contributed by atoms with Crippen LogP contribution in [0.4, 0.5) is 0 Å². The Morgan fingerprint density at radius 3 is 2.30 bits per heavy atom. The molecule has 1 aromatic rings. The number of thiol groups is 1. The molecule has 0 spiro atoms. The van der Waals surface area contributed by atoms with Crippen molar-refractivity contribution in [2.75, 3.05) is 0 Å². The van der Waals surface area contributed by atoms with Crippen molar-refractivity contribution in [2.24, 2.45) is 0 Å². The zero-order chi connectivity index (χ0) is 7.72. The number of hydrogen-bond donors (Lipinski definition) is 1. The minimum atomic E-state index is 0.268. The molecule has 0 aromatic carbocycles. The average Bonchev–Trinajstić information content (AvgIpc) is 2.10. The van der Waals surface area contributed by atoms with Crippen molar-refractivity contribution >= 4 is 24.0 Å². The van der Waals surface area contributed by atoms with Gasteiger partial charge in [0.05, 0.1) is 10.7 Å². The molecule has 0 aliphatic carbocycles. The summed E-state index contributed by atoms with van der Waals surface area (Å²) < 4.78 is 0. The second kappa shape index (κ2) is 2.93. The van der Waals surface area contributed by atoms with Crippen LogP contribution in [0.25, 0.3) is 0 Å². The smallest absolute Gasteiger partial charge is 0.0900 e. The minimum Gasteiger partial charge on any atom is -0.245 e. The van der Waals surface area contributed by atoms with Gasteiger partial charge in [-0.3, -0.25) is 0 Å². The van der Waals surface area contributed by atoms with Crippen LogP contribution >= 0.6 is 24.0 Å². The molecule has 10 heavy (non-hydrogen) atoms. The van der Waals surface area contributed by atoms with Crippen LogP contribution in [0.2, 0.25) is 0 Å². The standard InChI is InChI=1S/C7H11NS2/c1-4(9)7-5(2)10-6(3)8-7/h4,9H,1-3H3. The summed E-state index contributed by atoms with van der Waals surface area (Å²) in [7, 11) is 0. The summed E-state index contributed by atoms with van der Waals surface area (Å²) in [5, 5.41) is 1.40. The van der Waals surface area contributed by atoms with Crippen molar-refractivity contribution in [3.05, 3.63) is 15.6 Å². The van der Waals surface area contributed by atoms with Gasteiger partial charge in [-0.15, -0.1) is 11.3 Å². The van der Waals surface area contributed by atoms with Crippen molar-refractivity contribution in [2.45, 2.75) is 26.0 Å². The fraction of sp³-hybridized carbons (Fsp3) is 0.571. The normalized spacial score (nSPS) is 13.6. The van der Waals surface area contributed by atoms with Gasteiger partial charge in [0.2, 0.25) is 0 Å². The Kier molecular flexibility index (Phi) is 2.36. The SMILES string of the molecule is Cc1nc(C(C)S)c(C)s1. The van der Waals surface area contributed by atoms with E-state index < -0.39 is 0 Å². The second-order valence-corrected chi connectivity index (χ2v) is 4.53. The van der Waals surface area contributed by atoms with Crippen molar-refractivity contribution in [1.82, 2.24) is 4.98 Å². The van der Waals surface area contributed by atoms with Crippen LogP contribution in [-0.2, 0) is 0 Å². The Hall–Kier alpha value is -0.0200. The van der Waals surface area contributed by atoms with E-state index in [4.69, 9.17) is 0 Å². The molecule has 1 aromatic heterocycles. The second-order valence-electron chi connectivity index (χ2n) is 2.35. The van der Waals surface area contributed by atoms with Gasteiger partial charge in [0.15, 0.2) is 0 Å². The predicted molar refractivity (Wildman–Crippen MR) is 49.0 cm³/mol. The molecule has 0 saturated carbocycles. The van der Waals surface area contributed by atoms with Crippen molar-refractivity contribution in [3.63, 3.8) is 0 Å². The van der Waals surface area contributed by atoms with Gasteiger partial charge in [-0.1, -0.05) is 0 Å². The van der Waals surface area contributed by atoms with Gasteiger partial charge in [-0.2, -0.15) is 12.6 Å². The molecule has 0 aliphatic heterocycles. The molecule has 3 heteroatoms. The zero-order valence-electron chi connectivity index (χ0n) is 6.38. The third-order valence-corrected chi connectivity index (χ3v) is 2.48. The minimum absolute atomic E-state index is 0.268. The topological polar surface area (TPSA) is 12.9 Å². The average molecular weight is 173 g/mol. The first-order chi connectivity index (χ1) is 4.61. The van der Waals surface area contributed by atoms with Gasteiger partial charge < -0.3 is 0 Å². The number of aryl methyl sites for hydroxylation is 2. The maximum Gasteiger partial charge on any atom is 0.0900 e. The highest BCUT2D eigenvalue weighted by Crippen LogP contribution is 2.25. The van der Waals surface area contributed by atoms with E-state index in [2.05, 4.69) is 24.5 Å². The lowest BCUT2D eigenvalue weighted by molar-refractivity contribution is 1.01. The van der Waals surface area contributed by atoms with Gasteiger partial charge in [0.25, 0.3) is 0 Å². The fourth-order valence-electron chi connectivity index (χ4n) is 0.933. The molecule has 0 amide bonds. The lowest BCUT2D eigenvalue weighted by Crippen LogP contribution is -1.86. The summed E-state index contributed by atoms with van der Waals surface area (Å²) in [5.74, 6) is 0. The molecule has 1 heterocycles. The Morgan fingerprint density at radius 2 is 2.10 bits per heavy atom. The molecule has 0 N–H and O–H groups in total. The quantitative estimate of drug-likeness (QED) is 0.644. The van der Waals surface area contributed by atoms with Crippen LogP contribution in [-0.4, -0.2) is 4.98 Å². The summed E-state index contributed by atoms with van der Waals surface area (Å²) in [5.41, 5.74) is 1.13. The van der Waals surface area contributed by atoms with E-state index in [1.807, 2.05) is 13.8 Å². The van der Waals surface area contributed by atoms with Crippen molar-refractivity contribution < 1.29 is 0 Å². The van der Waals surface area contributed by atoms with Crippen molar-refractivity contribution in [1.29, 1.82) is 0 Å². The Morgan fingerprint density at radius 1 is 1.50 bits per heavy atom. The summed E-state index contributed by atoms with van der Waals surface area (Å²) in [6.07, 6.45) is 0. The predicted octanol–water partition coefficient (Wildman–Crippen LogP) is 2.75. The first kappa shape index (κ1) is 8.08. The molecule has 0 aliphatic rings. The fourth-order valence-corrected chi connectivity index (χ4v) is 2.19. The van der Waals surface area contributed by atoms with Crippen LogP contribution in [0.1, 0.15) is 27.8 Å². The van der Waals surface area contributed by atoms with Gasteiger partial charge >= 0.3 is 0 Å². The van der Waals surface area contributed by atoms with E-state index in [0.29, 0.717) is 0 Å². The molecule has 0 radical (unpaired) electrons. The molecule has 1 rings (SSSR count). The Balaban J connectivity index is 3.03. The number of aromatic nitrogens is 1. The first-order valence-corrected chi connectivity index (χ1v) is 4.56. The van der Waals surface area contributed by atoms with Gasteiger partial charge in [-0.25, -0.2) is 4.98 Å². The highest BCUT2D eigenvalue weighted by molar-refractivity contribution is 7.80. The summed E-state index contributed by atoms with van der Waals surface area (Å²) in [4.78, 5) is 5.64. The number of thiazole rings is 1. The highest BCUT2D eigenvalue weighted by Gasteiger charge is 2.07. The maximum atomic E-state index is 4.35. The molecule has 56 valence electrons. The highest BCUT2D eigenvalue weighted by atomic mass is 32.1.